The van der Waals surface area contributed by atoms with E-state index in [2.05, 4.69) is 19.2 Å². The van der Waals surface area contributed by atoms with Gasteiger partial charge in [-0.3, -0.25) is 9.59 Å². The van der Waals surface area contributed by atoms with Crippen LogP contribution in [0.1, 0.15) is 111 Å². The highest BCUT2D eigenvalue weighted by atomic mass is 16.5. The summed E-state index contributed by atoms with van der Waals surface area (Å²) in [7, 11) is 0. The molecule has 1 amide bonds. The number of carbonyl (C=O) groups is 3. The maximum Gasteiger partial charge on any atom is 0.328 e. The van der Waals surface area contributed by atoms with Crippen molar-refractivity contribution >= 4 is 17.8 Å². The van der Waals surface area contributed by atoms with Crippen molar-refractivity contribution in [1.29, 1.82) is 0 Å². The molecule has 6 heteroatoms. The Morgan fingerprint density at radius 1 is 0.724 bits per heavy atom. The molecule has 0 unspecified atom stereocenters. The third kappa shape index (κ3) is 18.2. The minimum absolute atomic E-state index is 0.0902. The fourth-order valence-electron chi connectivity index (χ4n) is 3.05. The maximum absolute atomic E-state index is 12.2. The summed E-state index contributed by atoms with van der Waals surface area (Å²) in [6, 6.07) is -0.797. The van der Waals surface area contributed by atoms with Crippen molar-refractivity contribution in [2.75, 3.05) is 13.2 Å². The number of esters is 2. The predicted molar refractivity (Wildman–Crippen MR) is 116 cm³/mol. The molecular weight excluding hydrogens is 370 g/mol. The Morgan fingerprint density at radius 3 is 1.72 bits per heavy atom. The van der Waals surface area contributed by atoms with E-state index in [9.17, 15) is 14.4 Å². The van der Waals surface area contributed by atoms with Crippen molar-refractivity contribution in [2.24, 2.45) is 0 Å². The molecule has 0 rings (SSSR count). The van der Waals surface area contributed by atoms with Gasteiger partial charge in [0.2, 0.25) is 5.91 Å². The third-order valence-electron chi connectivity index (χ3n) is 4.80. The minimum Gasteiger partial charge on any atom is -0.466 e. The van der Waals surface area contributed by atoms with Gasteiger partial charge in [-0.1, -0.05) is 78.1 Å². The highest BCUT2D eigenvalue weighted by Crippen LogP contribution is 2.08. The Hall–Kier alpha value is -1.59. The van der Waals surface area contributed by atoms with Crippen molar-refractivity contribution in [2.45, 2.75) is 117 Å². The largest absolute Gasteiger partial charge is 0.466 e. The van der Waals surface area contributed by atoms with Gasteiger partial charge in [0, 0.05) is 13.3 Å². The van der Waals surface area contributed by atoms with Crippen molar-refractivity contribution < 1.29 is 23.9 Å². The Balaban J connectivity index is 3.99. The first-order chi connectivity index (χ1) is 14.0. The number of hydrogen-bond acceptors (Lipinski definition) is 5. The summed E-state index contributed by atoms with van der Waals surface area (Å²) in [5.74, 6) is -1.12. The smallest absolute Gasteiger partial charge is 0.328 e. The van der Waals surface area contributed by atoms with E-state index >= 15 is 0 Å². The lowest BCUT2D eigenvalue weighted by Crippen LogP contribution is -2.41. The van der Waals surface area contributed by atoms with Crippen molar-refractivity contribution in [3.63, 3.8) is 0 Å². The SMILES string of the molecule is CCCCCCCCOC(=O)CC[C@H](NC(C)=O)C(=O)OCCCCCCCC. The molecule has 0 aliphatic carbocycles. The lowest BCUT2D eigenvalue weighted by molar-refractivity contribution is -0.149. The topological polar surface area (TPSA) is 81.7 Å². The van der Waals surface area contributed by atoms with Gasteiger partial charge in [0.15, 0.2) is 0 Å². The normalized spacial score (nSPS) is 11.7. The Morgan fingerprint density at radius 2 is 1.21 bits per heavy atom. The molecule has 0 saturated carbocycles. The summed E-state index contributed by atoms with van der Waals surface area (Å²) in [6.45, 7) is 6.47. The molecular formula is C23H43NO5. The summed E-state index contributed by atoms with van der Waals surface area (Å²) >= 11 is 0. The lowest BCUT2D eigenvalue weighted by Gasteiger charge is -2.16. The maximum atomic E-state index is 12.2. The van der Waals surface area contributed by atoms with E-state index in [0.29, 0.717) is 13.2 Å². The van der Waals surface area contributed by atoms with Crippen LogP contribution in [-0.4, -0.2) is 37.1 Å². The molecule has 29 heavy (non-hydrogen) atoms. The van der Waals surface area contributed by atoms with Crippen molar-refractivity contribution in [3.05, 3.63) is 0 Å². The number of carbonyl (C=O) groups excluding carboxylic acids is 3. The van der Waals surface area contributed by atoms with Gasteiger partial charge in [0.1, 0.15) is 6.04 Å². The Labute approximate surface area is 177 Å². The average Bonchev–Trinajstić information content (AvgIpc) is 2.69. The number of amides is 1. The van der Waals surface area contributed by atoms with E-state index in [1.54, 1.807) is 0 Å². The highest BCUT2D eigenvalue weighted by Gasteiger charge is 2.22. The molecule has 1 atom stereocenters. The molecule has 0 aliphatic rings. The van der Waals surface area contributed by atoms with Gasteiger partial charge in [-0.25, -0.2) is 4.79 Å². The van der Waals surface area contributed by atoms with Crippen LogP contribution >= 0.6 is 0 Å². The molecule has 170 valence electrons. The van der Waals surface area contributed by atoms with Gasteiger partial charge in [-0.2, -0.15) is 0 Å². The average molecular weight is 414 g/mol. The summed E-state index contributed by atoms with van der Waals surface area (Å²) < 4.78 is 10.5. The van der Waals surface area contributed by atoms with Gasteiger partial charge < -0.3 is 14.8 Å². The fraction of sp³-hybridized carbons (Fsp3) is 0.870. The first kappa shape index (κ1) is 27.4. The first-order valence-corrected chi connectivity index (χ1v) is 11.6. The third-order valence-corrected chi connectivity index (χ3v) is 4.80. The molecule has 0 heterocycles. The second-order valence-electron chi connectivity index (χ2n) is 7.72. The van der Waals surface area contributed by atoms with Gasteiger partial charge in [-0.15, -0.1) is 0 Å². The molecule has 0 radical (unpaired) electrons. The molecule has 0 aromatic rings. The van der Waals surface area contributed by atoms with Crippen LogP contribution in [0.5, 0.6) is 0 Å². The van der Waals surface area contributed by atoms with Crippen LogP contribution in [0.4, 0.5) is 0 Å². The van der Waals surface area contributed by atoms with E-state index in [1.165, 1.54) is 51.9 Å². The zero-order valence-corrected chi connectivity index (χ0v) is 18.9. The van der Waals surface area contributed by atoms with Crippen molar-refractivity contribution in [1.82, 2.24) is 5.32 Å². The van der Waals surface area contributed by atoms with Crippen LogP contribution in [0.25, 0.3) is 0 Å². The zero-order valence-electron chi connectivity index (χ0n) is 18.9. The molecule has 6 nitrogen and oxygen atoms in total. The van der Waals surface area contributed by atoms with Crippen LogP contribution in [0.2, 0.25) is 0 Å². The summed E-state index contributed by atoms with van der Waals surface area (Å²) in [5.41, 5.74) is 0. The number of unbranched alkanes of at least 4 members (excludes halogenated alkanes) is 10. The zero-order chi connectivity index (χ0) is 21.7. The van der Waals surface area contributed by atoms with Crippen LogP contribution in [0.3, 0.4) is 0 Å². The van der Waals surface area contributed by atoms with E-state index in [1.807, 2.05) is 0 Å². The summed E-state index contributed by atoms with van der Waals surface area (Å²) in [4.78, 5) is 35.5. The van der Waals surface area contributed by atoms with Crippen LogP contribution < -0.4 is 5.32 Å². The number of rotatable bonds is 19. The quantitative estimate of drug-likeness (QED) is 0.236. The predicted octanol–water partition coefficient (Wildman–Crippen LogP) is 5.08. The first-order valence-electron chi connectivity index (χ1n) is 11.6. The molecule has 0 aromatic carbocycles. The molecule has 0 bridgehead atoms. The standard InChI is InChI=1S/C23H43NO5/c1-4-6-8-10-12-14-18-28-22(26)17-16-21(24-20(3)25)23(27)29-19-15-13-11-9-7-5-2/h21H,4-19H2,1-3H3,(H,24,25)/t21-/m0/s1. The van der Waals surface area contributed by atoms with Gasteiger partial charge in [0.05, 0.1) is 13.2 Å². The molecule has 0 spiro atoms. The number of ether oxygens (including phenoxy) is 2. The second-order valence-corrected chi connectivity index (χ2v) is 7.72. The van der Waals surface area contributed by atoms with Gasteiger partial charge in [0.25, 0.3) is 0 Å². The monoisotopic (exact) mass is 413 g/mol. The van der Waals surface area contributed by atoms with Gasteiger partial charge in [-0.05, 0) is 19.3 Å². The van der Waals surface area contributed by atoms with E-state index in [0.717, 1.165) is 32.1 Å². The highest BCUT2D eigenvalue weighted by molar-refractivity contribution is 5.83. The van der Waals surface area contributed by atoms with E-state index in [4.69, 9.17) is 9.47 Å². The van der Waals surface area contributed by atoms with E-state index in [-0.39, 0.29) is 24.7 Å². The minimum atomic E-state index is -0.797. The fourth-order valence-corrected chi connectivity index (χ4v) is 3.05. The molecule has 1 N–H and O–H groups in total. The summed E-state index contributed by atoms with van der Waals surface area (Å²) in [6.07, 6.45) is 13.7. The van der Waals surface area contributed by atoms with Crippen LogP contribution in [-0.2, 0) is 23.9 Å². The molecule has 0 saturated heterocycles. The molecule has 0 aromatic heterocycles. The molecule has 0 aliphatic heterocycles. The second kappa shape index (κ2) is 19.7. The number of hydrogen-bond donors (Lipinski definition) is 1. The van der Waals surface area contributed by atoms with Gasteiger partial charge >= 0.3 is 11.9 Å². The van der Waals surface area contributed by atoms with Crippen molar-refractivity contribution in [3.8, 4) is 0 Å². The number of nitrogens with one attached hydrogen (secondary N) is 1. The molecule has 0 fully saturated rings. The Bertz CT molecular complexity index is 439. The lowest BCUT2D eigenvalue weighted by atomic mass is 10.1. The van der Waals surface area contributed by atoms with Crippen LogP contribution in [0, 0.1) is 0 Å². The van der Waals surface area contributed by atoms with E-state index < -0.39 is 12.0 Å². The summed E-state index contributed by atoms with van der Waals surface area (Å²) in [5, 5.41) is 2.58. The Kier molecular flexibility index (Phi) is 18.6. The van der Waals surface area contributed by atoms with Crippen LogP contribution in [0.15, 0.2) is 0 Å².